The van der Waals surface area contributed by atoms with E-state index < -0.39 is 0 Å². The van der Waals surface area contributed by atoms with Gasteiger partial charge in [-0.3, -0.25) is 0 Å². The summed E-state index contributed by atoms with van der Waals surface area (Å²) in [4.78, 5) is 0. The van der Waals surface area contributed by atoms with Gasteiger partial charge in [-0.1, -0.05) is 107 Å². The zero-order valence-corrected chi connectivity index (χ0v) is 15.8. The maximum atomic E-state index is 10.3. The molecule has 0 spiro atoms. The average Bonchev–Trinajstić information content (AvgIpc) is 2.65. The lowest BCUT2D eigenvalue weighted by atomic mass is 9.94. The molecule has 25 heavy (non-hydrogen) atoms. The summed E-state index contributed by atoms with van der Waals surface area (Å²) < 4.78 is 0. The zero-order valence-electron chi connectivity index (χ0n) is 15.8. The Bertz CT molecular complexity index is 588. The summed E-state index contributed by atoms with van der Waals surface area (Å²) in [7, 11) is 0. The Balaban J connectivity index is 1.73. The first-order chi connectivity index (χ1) is 12.3. The molecule has 0 aliphatic carbocycles. The molecule has 0 aliphatic rings. The molecule has 0 aromatic heterocycles. The van der Waals surface area contributed by atoms with E-state index in [0.717, 1.165) is 18.4 Å². The third-order valence-electron chi connectivity index (χ3n) is 5.02. The Morgan fingerprint density at radius 2 is 1.24 bits per heavy atom. The van der Waals surface area contributed by atoms with Crippen molar-refractivity contribution in [2.75, 3.05) is 0 Å². The van der Waals surface area contributed by atoms with Crippen molar-refractivity contribution in [3.8, 4) is 16.9 Å². The van der Waals surface area contributed by atoms with Crippen LogP contribution in [0.25, 0.3) is 11.1 Å². The summed E-state index contributed by atoms with van der Waals surface area (Å²) >= 11 is 0. The van der Waals surface area contributed by atoms with E-state index in [2.05, 4.69) is 37.3 Å². The largest absolute Gasteiger partial charge is 0.508 e. The topological polar surface area (TPSA) is 20.2 Å². The molecule has 0 saturated heterocycles. The number of aromatic hydroxyl groups is 1. The highest BCUT2D eigenvalue weighted by Gasteiger charge is 2.09. The minimum atomic E-state index is 0.442. The smallest absolute Gasteiger partial charge is 0.119 e. The van der Waals surface area contributed by atoms with Crippen LogP contribution in [0.2, 0.25) is 0 Å². The fraction of sp³-hybridized carbons (Fsp3) is 0.500. The SMILES string of the molecule is CCCCCCCCCCCCc1c(O)cccc1-c1ccccc1. The number of hydrogen-bond donors (Lipinski definition) is 1. The van der Waals surface area contributed by atoms with E-state index in [1.54, 1.807) is 0 Å². The van der Waals surface area contributed by atoms with Crippen LogP contribution in [0.15, 0.2) is 48.5 Å². The molecule has 136 valence electrons. The van der Waals surface area contributed by atoms with Gasteiger partial charge in [0.2, 0.25) is 0 Å². The molecule has 1 nitrogen and oxygen atoms in total. The Morgan fingerprint density at radius 1 is 0.640 bits per heavy atom. The molecule has 0 unspecified atom stereocenters. The zero-order chi connectivity index (χ0) is 17.7. The molecule has 0 fully saturated rings. The number of benzene rings is 2. The first-order valence-electron chi connectivity index (χ1n) is 10.2. The van der Waals surface area contributed by atoms with Gasteiger partial charge >= 0.3 is 0 Å². The fourth-order valence-corrected chi connectivity index (χ4v) is 3.51. The van der Waals surface area contributed by atoms with Crippen molar-refractivity contribution >= 4 is 0 Å². The monoisotopic (exact) mass is 338 g/mol. The summed E-state index contributed by atoms with van der Waals surface area (Å²) in [6, 6.07) is 16.3. The molecule has 2 rings (SSSR count). The summed E-state index contributed by atoms with van der Waals surface area (Å²) in [5, 5.41) is 10.3. The second-order valence-electron chi connectivity index (χ2n) is 7.10. The molecule has 2 aromatic rings. The second-order valence-corrected chi connectivity index (χ2v) is 7.10. The van der Waals surface area contributed by atoms with Crippen molar-refractivity contribution in [3.05, 3.63) is 54.1 Å². The van der Waals surface area contributed by atoms with Gasteiger partial charge in [-0.25, -0.2) is 0 Å². The number of rotatable bonds is 12. The Kier molecular flexibility index (Phi) is 9.18. The molecule has 0 saturated carbocycles. The predicted molar refractivity (Wildman–Crippen MR) is 109 cm³/mol. The van der Waals surface area contributed by atoms with Crippen LogP contribution in [-0.4, -0.2) is 5.11 Å². The number of unbranched alkanes of at least 4 members (excludes halogenated alkanes) is 9. The molecule has 2 aromatic carbocycles. The van der Waals surface area contributed by atoms with Gasteiger partial charge in [0, 0.05) is 5.56 Å². The van der Waals surface area contributed by atoms with Crippen molar-refractivity contribution in [3.63, 3.8) is 0 Å². The van der Waals surface area contributed by atoms with Crippen LogP contribution in [0.1, 0.15) is 76.7 Å². The predicted octanol–water partition coefficient (Wildman–Crippen LogP) is 7.52. The van der Waals surface area contributed by atoms with Gasteiger partial charge < -0.3 is 5.11 Å². The van der Waals surface area contributed by atoms with Crippen molar-refractivity contribution in [1.29, 1.82) is 0 Å². The molecular formula is C24H34O. The van der Waals surface area contributed by atoms with Crippen molar-refractivity contribution in [1.82, 2.24) is 0 Å². The first kappa shape index (κ1) is 19.6. The van der Waals surface area contributed by atoms with E-state index in [4.69, 9.17) is 0 Å². The molecule has 1 heteroatoms. The van der Waals surface area contributed by atoms with Crippen LogP contribution in [0.3, 0.4) is 0 Å². The van der Waals surface area contributed by atoms with Crippen molar-refractivity contribution < 1.29 is 5.11 Å². The van der Waals surface area contributed by atoms with Gasteiger partial charge in [-0.2, -0.15) is 0 Å². The Morgan fingerprint density at radius 3 is 1.88 bits per heavy atom. The van der Waals surface area contributed by atoms with Crippen molar-refractivity contribution in [2.45, 2.75) is 77.6 Å². The van der Waals surface area contributed by atoms with Gasteiger partial charge in [-0.15, -0.1) is 0 Å². The summed E-state index contributed by atoms with van der Waals surface area (Å²) in [6.07, 6.45) is 14.4. The lowest BCUT2D eigenvalue weighted by Crippen LogP contribution is -1.92. The molecular weight excluding hydrogens is 304 g/mol. The van der Waals surface area contributed by atoms with Crippen LogP contribution >= 0.6 is 0 Å². The Labute approximate surface area is 154 Å². The van der Waals surface area contributed by atoms with E-state index in [-0.39, 0.29) is 0 Å². The number of phenols is 1. The lowest BCUT2D eigenvalue weighted by molar-refractivity contribution is 0.466. The van der Waals surface area contributed by atoms with Gasteiger partial charge in [0.15, 0.2) is 0 Å². The maximum absolute atomic E-state index is 10.3. The first-order valence-corrected chi connectivity index (χ1v) is 10.2. The van der Waals surface area contributed by atoms with E-state index in [1.165, 1.54) is 68.9 Å². The third kappa shape index (κ3) is 6.94. The molecule has 0 radical (unpaired) electrons. The standard InChI is InChI=1S/C24H34O/c1-2-3-4-5-6-7-8-9-10-14-18-23-22(19-15-20-24(23)25)21-16-12-11-13-17-21/h11-13,15-17,19-20,25H,2-10,14,18H2,1H3. The summed E-state index contributed by atoms with van der Waals surface area (Å²) in [5.41, 5.74) is 3.48. The van der Waals surface area contributed by atoms with Gasteiger partial charge in [-0.05, 0) is 30.0 Å². The molecule has 0 atom stereocenters. The van der Waals surface area contributed by atoms with E-state index >= 15 is 0 Å². The third-order valence-corrected chi connectivity index (χ3v) is 5.02. The van der Waals surface area contributed by atoms with Gasteiger partial charge in [0.25, 0.3) is 0 Å². The van der Waals surface area contributed by atoms with Gasteiger partial charge in [0.05, 0.1) is 0 Å². The number of hydrogen-bond acceptors (Lipinski definition) is 1. The summed E-state index contributed by atoms with van der Waals surface area (Å²) in [6.45, 7) is 2.27. The highest BCUT2D eigenvalue weighted by Crippen LogP contribution is 2.31. The lowest BCUT2D eigenvalue weighted by Gasteiger charge is -2.12. The number of phenolic OH excluding ortho intramolecular Hbond substituents is 1. The van der Waals surface area contributed by atoms with E-state index in [1.807, 2.05) is 18.2 Å². The van der Waals surface area contributed by atoms with Crippen LogP contribution < -0.4 is 0 Å². The molecule has 0 heterocycles. The maximum Gasteiger partial charge on any atom is 0.119 e. The molecule has 0 amide bonds. The minimum absolute atomic E-state index is 0.442. The van der Waals surface area contributed by atoms with Crippen LogP contribution in [0, 0.1) is 0 Å². The van der Waals surface area contributed by atoms with Crippen LogP contribution in [0.4, 0.5) is 0 Å². The second kappa shape index (κ2) is 11.7. The normalized spacial score (nSPS) is 10.9. The molecule has 0 aliphatic heterocycles. The highest BCUT2D eigenvalue weighted by molar-refractivity contribution is 5.69. The van der Waals surface area contributed by atoms with Crippen LogP contribution in [0.5, 0.6) is 5.75 Å². The van der Waals surface area contributed by atoms with E-state index in [0.29, 0.717) is 5.75 Å². The molecule has 1 N–H and O–H groups in total. The fourth-order valence-electron chi connectivity index (χ4n) is 3.51. The minimum Gasteiger partial charge on any atom is -0.508 e. The van der Waals surface area contributed by atoms with E-state index in [9.17, 15) is 5.11 Å². The quantitative estimate of drug-likeness (QED) is 0.397. The Hall–Kier alpha value is -1.76. The van der Waals surface area contributed by atoms with Crippen LogP contribution in [-0.2, 0) is 6.42 Å². The molecule has 0 bridgehead atoms. The van der Waals surface area contributed by atoms with Crippen molar-refractivity contribution in [2.24, 2.45) is 0 Å². The summed E-state index contributed by atoms with van der Waals surface area (Å²) in [5.74, 6) is 0.442. The highest BCUT2D eigenvalue weighted by atomic mass is 16.3. The average molecular weight is 339 g/mol. The van der Waals surface area contributed by atoms with Gasteiger partial charge in [0.1, 0.15) is 5.75 Å².